The maximum absolute atomic E-state index is 12.2. The van der Waals surface area contributed by atoms with Crippen LogP contribution in [0.1, 0.15) is 23.7 Å². The van der Waals surface area contributed by atoms with Gasteiger partial charge in [0.2, 0.25) is 17.7 Å². The highest BCUT2D eigenvalue weighted by molar-refractivity contribution is 5.95. The molecule has 1 aromatic carbocycles. The normalized spacial score (nSPS) is 19.6. The van der Waals surface area contributed by atoms with E-state index in [2.05, 4.69) is 10.6 Å². The predicted octanol–water partition coefficient (Wildman–Crippen LogP) is -0.993. The van der Waals surface area contributed by atoms with Gasteiger partial charge in [-0.05, 0) is 18.6 Å². The topological polar surface area (TPSA) is 122 Å². The molecule has 8 nitrogen and oxygen atoms in total. The van der Waals surface area contributed by atoms with Crippen LogP contribution in [0, 0.1) is 0 Å². The number of nitrogens with one attached hydrogen (secondary N) is 2. The summed E-state index contributed by atoms with van der Waals surface area (Å²) in [4.78, 5) is 48.1. The van der Waals surface area contributed by atoms with E-state index in [0.717, 1.165) is 0 Å². The van der Waals surface area contributed by atoms with Crippen molar-refractivity contribution in [3.8, 4) is 0 Å². The number of primary amides is 1. The summed E-state index contributed by atoms with van der Waals surface area (Å²) in [5, 5.41) is 5.20. The van der Waals surface area contributed by atoms with Crippen LogP contribution in [0.25, 0.3) is 0 Å². The Morgan fingerprint density at radius 3 is 2.46 bits per heavy atom. The quantitative estimate of drug-likeness (QED) is 0.640. The molecule has 0 aromatic heterocycles. The first-order valence-electron chi connectivity index (χ1n) is 7.57. The van der Waals surface area contributed by atoms with Crippen molar-refractivity contribution >= 4 is 23.6 Å². The van der Waals surface area contributed by atoms with Crippen molar-refractivity contribution in [1.82, 2.24) is 15.5 Å². The highest BCUT2D eigenvalue weighted by Gasteiger charge is 2.39. The molecule has 4 N–H and O–H groups in total. The zero-order valence-electron chi connectivity index (χ0n) is 13.3. The van der Waals surface area contributed by atoms with Gasteiger partial charge in [0.15, 0.2) is 0 Å². The van der Waals surface area contributed by atoms with Gasteiger partial charge in [0, 0.05) is 25.1 Å². The number of amides is 4. The number of rotatable bonds is 5. The van der Waals surface area contributed by atoms with Gasteiger partial charge in [0.25, 0.3) is 5.91 Å². The number of carbonyl (C=O) groups is 4. The summed E-state index contributed by atoms with van der Waals surface area (Å²) < 4.78 is 0. The van der Waals surface area contributed by atoms with Gasteiger partial charge in [0.05, 0.1) is 6.54 Å². The van der Waals surface area contributed by atoms with Gasteiger partial charge in [-0.3, -0.25) is 19.2 Å². The Kier molecular flexibility index (Phi) is 5.51. The van der Waals surface area contributed by atoms with Crippen molar-refractivity contribution in [2.75, 3.05) is 13.1 Å². The molecule has 1 aliphatic rings. The zero-order chi connectivity index (χ0) is 17.7. The molecule has 128 valence electrons. The van der Waals surface area contributed by atoms with E-state index < -0.39 is 17.9 Å². The molecular formula is C16H20N4O4. The lowest BCUT2D eigenvalue weighted by Crippen LogP contribution is -2.47. The molecule has 1 heterocycles. The standard InChI is InChI=1S/C16H20N4O4/c1-10(21)18-8-14(22)20-9-12(7-13(20)15(17)23)19-16(24)11-5-3-2-4-6-11/h2-6,12-13H,7-9H2,1H3,(H2,17,23)(H,18,21)(H,19,24). The van der Waals surface area contributed by atoms with Crippen molar-refractivity contribution in [2.24, 2.45) is 5.73 Å². The van der Waals surface area contributed by atoms with E-state index >= 15 is 0 Å². The Bertz CT molecular complexity index is 647. The van der Waals surface area contributed by atoms with E-state index in [4.69, 9.17) is 5.73 Å². The summed E-state index contributed by atoms with van der Waals surface area (Å²) in [7, 11) is 0. The van der Waals surface area contributed by atoms with Gasteiger partial charge in [-0.25, -0.2) is 0 Å². The van der Waals surface area contributed by atoms with Crippen LogP contribution < -0.4 is 16.4 Å². The summed E-state index contributed by atoms with van der Waals surface area (Å²) in [5.74, 6) is -1.67. The van der Waals surface area contributed by atoms with Crippen LogP contribution in [0.15, 0.2) is 30.3 Å². The maximum Gasteiger partial charge on any atom is 0.251 e. The fourth-order valence-electron chi connectivity index (χ4n) is 2.65. The molecule has 4 amide bonds. The third-order valence-corrected chi connectivity index (χ3v) is 3.81. The lowest BCUT2D eigenvalue weighted by Gasteiger charge is -2.22. The second-order valence-corrected chi connectivity index (χ2v) is 5.65. The Morgan fingerprint density at radius 1 is 1.21 bits per heavy atom. The molecule has 0 bridgehead atoms. The van der Waals surface area contributed by atoms with Crippen molar-refractivity contribution < 1.29 is 19.2 Å². The minimum atomic E-state index is -0.799. The Labute approximate surface area is 139 Å². The van der Waals surface area contributed by atoms with Gasteiger partial charge in [-0.1, -0.05) is 18.2 Å². The van der Waals surface area contributed by atoms with Gasteiger partial charge in [0.1, 0.15) is 6.04 Å². The molecular weight excluding hydrogens is 312 g/mol. The minimum Gasteiger partial charge on any atom is -0.368 e. The van der Waals surface area contributed by atoms with E-state index in [0.29, 0.717) is 5.56 Å². The van der Waals surface area contributed by atoms with Crippen LogP contribution in [0.3, 0.4) is 0 Å². The Hall–Kier alpha value is -2.90. The second-order valence-electron chi connectivity index (χ2n) is 5.65. The average molecular weight is 332 g/mol. The molecule has 0 aliphatic carbocycles. The molecule has 24 heavy (non-hydrogen) atoms. The number of nitrogens with two attached hydrogens (primary N) is 1. The van der Waals surface area contributed by atoms with Gasteiger partial charge in [-0.15, -0.1) is 0 Å². The Morgan fingerprint density at radius 2 is 1.88 bits per heavy atom. The largest absolute Gasteiger partial charge is 0.368 e. The summed E-state index contributed by atoms with van der Waals surface area (Å²) in [5.41, 5.74) is 5.85. The number of carbonyl (C=O) groups excluding carboxylic acids is 4. The maximum atomic E-state index is 12.2. The first kappa shape index (κ1) is 17.5. The highest BCUT2D eigenvalue weighted by atomic mass is 16.2. The summed E-state index contributed by atoms with van der Waals surface area (Å²) in [6.07, 6.45) is 0.250. The molecule has 2 rings (SSSR count). The van der Waals surface area contributed by atoms with Gasteiger partial charge >= 0.3 is 0 Å². The molecule has 1 saturated heterocycles. The van der Waals surface area contributed by atoms with E-state index in [1.54, 1.807) is 30.3 Å². The minimum absolute atomic E-state index is 0.171. The molecule has 1 aliphatic heterocycles. The van der Waals surface area contributed by atoms with Gasteiger partial charge in [-0.2, -0.15) is 0 Å². The van der Waals surface area contributed by atoms with Gasteiger partial charge < -0.3 is 21.3 Å². The number of hydrogen-bond acceptors (Lipinski definition) is 4. The first-order chi connectivity index (χ1) is 11.4. The molecule has 2 unspecified atom stereocenters. The molecule has 0 saturated carbocycles. The van der Waals surface area contributed by atoms with Crippen LogP contribution >= 0.6 is 0 Å². The third-order valence-electron chi connectivity index (χ3n) is 3.81. The lowest BCUT2D eigenvalue weighted by molar-refractivity contribution is -0.137. The van der Waals surface area contributed by atoms with E-state index in [9.17, 15) is 19.2 Å². The van der Waals surface area contributed by atoms with Crippen molar-refractivity contribution in [3.63, 3.8) is 0 Å². The summed E-state index contributed by atoms with van der Waals surface area (Å²) >= 11 is 0. The van der Waals surface area contributed by atoms with E-state index in [-0.39, 0.29) is 37.4 Å². The fraction of sp³-hybridized carbons (Fsp3) is 0.375. The first-order valence-corrected chi connectivity index (χ1v) is 7.57. The highest BCUT2D eigenvalue weighted by Crippen LogP contribution is 2.18. The number of hydrogen-bond donors (Lipinski definition) is 3. The van der Waals surface area contributed by atoms with Crippen LogP contribution in [-0.4, -0.2) is 53.7 Å². The van der Waals surface area contributed by atoms with Crippen molar-refractivity contribution in [1.29, 1.82) is 0 Å². The molecule has 1 aromatic rings. The summed E-state index contributed by atoms with van der Waals surface area (Å²) in [6.45, 7) is 1.26. The molecule has 0 radical (unpaired) electrons. The van der Waals surface area contributed by atoms with Crippen LogP contribution in [0.2, 0.25) is 0 Å². The van der Waals surface area contributed by atoms with Crippen molar-refractivity contribution in [3.05, 3.63) is 35.9 Å². The monoisotopic (exact) mass is 332 g/mol. The molecule has 1 fully saturated rings. The smallest absolute Gasteiger partial charge is 0.251 e. The fourth-order valence-corrected chi connectivity index (χ4v) is 2.65. The number of benzene rings is 1. The molecule has 8 heteroatoms. The van der Waals surface area contributed by atoms with Crippen LogP contribution in [0.5, 0.6) is 0 Å². The number of likely N-dealkylation sites (tertiary alicyclic amines) is 1. The average Bonchev–Trinajstić information content (AvgIpc) is 2.97. The van der Waals surface area contributed by atoms with Crippen LogP contribution in [-0.2, 0) is 14.4 Å². The Balaban J connectivity index is 2.01. The van der Waals surface area contributed by atoms with E-state index in [1.807, 2.05) is 0 Å². The summed E-state index contributed by atoms with van der Waals surface area (Å²) in [6, 6.07) is 7.48. The van der Waals surface area contributed by atoms with Crippen LogP contribution in [0.4, 0.5) is 0 Å². The third kappa shape index (κ3) is 4.31. The zero-order valence-corrected chi connectivity index (χ0v) is 13.3. The van der Waals surface area contributed by atoms with E-state index in [1.165, 1.54) is 11.8 Å². The number of nitrogens with zero attached hydrogens (tertiary/aromatic N) is 1. The molecule has 0 spiro atoms. The van der Waals surface area contributed by atoms with Crippen molar-refractivity contribution in [2.45, 2.75) is 25.4 Å². The lowest BCUT2D eigenvalue weighted by atomic mass is 10.1. The second kappa shape index (κ2) is 7.58. The SMILES string of the molecule is CC(=O)NCC(=O)N1CC(NC(=O)c2ccccc2)CC1C(N)=O. The predicted molar refractivity (Wildman–Crippen MR) is 85.7 cm³/mol. The molecule has 2 atom stereocenters.